The predicted molar refractivity (Wildman–Crippen MR) is 77.4 cm³/mol. The average Bonchev–Trinajstić information content (AvgIpc) is 2.39. The topological polar surface area (TPSA) is 47.9 Å². The van der Waals surface area contributed by atoms with Crippen molar-refractivity contribution in [3.05, 3.63) is 28.8 Å². The van der Waals surface area contributed by atoms with Crippen LogP contribution in [-0.4, -0.2) is 18.1 Å². The number of piperidine rings is 1. The van der Waals surface area contributed by atoms with Crippen molar-refractivity contribution in [2.75, 3.05) is 11.9 Å². The Labute approximate surface area is 118 Å². The van der Waals surface area contributed by atoms with Gasteiger partial charge in [0.05, 0.1) is 11.3 Å². The van der Waals surface area contributed by atoms with Crippen molar-refractivity contribution in [1.29, 1.82) is 5.26 Å². The van der Waals surface area contributed by atoms with Crippen LogP contribution in [0.4, 0.5) is 5.69 Å². The second-order valence-corrected chi connectivity index (χ2v) is 6.13. The van der Waals surface area contributed by atoms with E-state index in [0.717, 1.165) is 25.1 Å². The van der Waals surface area contributed by atoms with E-state index in [-0.39, 0.29) is 0 Å². The second kappa shape index (κ2) is 5.03. The Morgan fingerprint density at radius 1 is 1.42 bits per heavy atom. The summed E-state index contributed by atoms with van der Waals surface area (Å²) in [5.74, 6) is 0. The lowest BCUT2D eigenvalue weighted by molar-refractivity contribution is 0.135. The summed E-state index contributed by atoms with van der Waals surface area (Å²) < 4.78 is 0. The summed E-state index contributed by atoms with van der Waals surface area (Å²) >= 11 is 5.93. The first kappa shape index (κ1) is 12.8. The first-order valence-corrected chi connectivity index (χ1v) is 7.30. The standard InChI is InChI=1S/C15H18ClN3/c16-12-2-3-14(11(8-12)10-17)19-13-4-7-18-15(9-13)5-1-6-15/h2-3,8,13,18-19H,1,4-7,9H2. The Morgan fingerprint density at radius 3 is 2.95 bits per heavy atom. The zero-order valence-electron chi connectivity index (χ0n) is 10.9. The van der Waals surface area contributed by atoms with Crippen molar-refractivity contribution in [2.45, 2.75) is 43.7 Å². The van der Waals surface area contributed by atoms with Gasteiger partial charge in [-0.25, -0.2) is 0 Å². The van der Waals surface area contributed by atoms with Gasteiger partial charge in [-0.15, -0.1) is 0 Å². The van der Waals surface area contributed by atoms with E-state index in [9.17, 15) is 5.26 Å². The van der Waals surface area contributed by atoms with Gasteiger partial charge in [-0.05, 0) is 56.8 Å². The van der Waals surface area contributed by atoms with Crippen molar-refractivity contribution in [3.8, 4) is 6.07 Å². The highest BCUT2D eigenvalue weighted by atomic mass is 35.5. The van der Waals surface area contributed by atoms with E-state index in [1.165, 1.54) is 19.3 Å². The minimum Gasteiger partial charge on any atom is -0.381 e. The van der Waals surface area contributed by atoms with Crippen LogP contribution in [-0.2, 0) is 0 Å². The maximum atomic E-state index is 9.17. The third kappa shape index (κ3) is 2.56. The summed E-state index contributed by atoms with van der Waals surface area (Å²) in [5, 5.41) is 17.0. The molecule has 19 heavy (non-hydrogen) atoms. The summed E-state index contributed by atoms with van der Waals surface area (Å²) in [6.07, 6.45) is 6.17. The normalized spacial score (nSPS) is 24.5. The van der Waals surface area contributed by atoms with Gasteiger partial charge in [0.1, 0.15) is 6.07 Å². The van der Waals surface area contributed by atoms with Gasteiger partial charge in [-0.3, -0.25) is 0 Å². The molecule has 1 aromatic rings. The molecule has 1 aromatic carbocycles. The molecule has 0 bridgehead atoms. The summed E-state index contributed by atoms with van der Waals surface area (Å²) in [5.41, 5.74) is 1.91. The summed E-state index contributed by atoms with van der Waals surface area (Å²) in [6, 6.07) is 8.14. The second-order valence-electron chi connectivity index (χ2n) is 5.70. The Bertz CT molecular complexity index is 517. The molecule has 1 saturated carbocycles. The van der Waals surface area contributed by atoms with Crippen molar-refractivity contribution in [3.63, 3.8) is 0 Å². The minimum absolute atomic E-state index is 0.370. The van der Waals surface area contributed by atoms with Gasteiger partial charge in [0.15, 0.2) is 0 Å². The fourth-order valence-electron chi connectivity index (χ4n) is 3.22. The molecular formula is C15H18ClN3. The summed E-state index contributed by atoms with van der Waals surface area (Å²) in [4.78, 5) is 0. The van der Waals surface area contributed by atoms with E-state index in [4.69, 9.17) is 11.6 Å². The van der Waals surface area contributed by atoms with Crippen LogP contribution in [0, 0.1) is 11.3 Å². The van der Waals surface area contributed by atoms with Crippen molar-refractivity contribution in [2.24, 2.45) is 0 Å². The van der Waals surface area contributed by atoms with Gasteiger partial charge in [-0.2, -0.15) is 5.26 Å². The lowest BCUT2D eigenvalue weighted by Crippen LogP contribution is -2.58. The van der Waals surface area contributed by atoms with Crippen LogP contribution < -0.4 is 10.6 Å². The van der Waals surface area contributed by atoms with Crippen molar-refractivity contribution < 1.29 is 0 Å². The van der Waals surface area contributed by atoms with Crippen LogP contribution in [0.25, 0.3) is 0 Å². The number of nitrogens with zero attached hydrogens (tertiary/aromatic N) is 1. The number of hydrogen-bond donors (Lipinski definition) is 2. The molecule has 100 valence electrons. The highest BCUT2D eigenvalue weighted by molar-refractivity contribution is 6.30. The number of nitrogens with one attached hydrogen (secondary N) is 2. The van der Waals surface area contributed by atoms with Crippen LogP contribution in [0.1, 0.15) is 37.7 Å². The van der Waals surface area contributed by atoms with E-state index < -0.39 is 0 Å². The number of benzene rings is 1. The van der Waals surface area contributed by atoms with E-state index in [1.807, 2.05) is 12.1 Å². The molecule has 3 rings (SSSR count). The van der Waals surface area contributed by atoms with Gasteiger partial charge >= 0.3 is 0 Å². The third-order valence-corrected chi connectivity index (χ3v) is 4.64. The monoisotopic (exact) mass is 275 g/mol. The molecule has 1 unspecified atom stereocenters. The van der Waals surface area contributed by atoms with E-state index in [0.29, 0.717) is 22.2 Å². The maximum Gasteiger partial charge on any atom is 0.101 e. The molecule has 3 nitrogen and oxygen atoms in total. The lowest BCUT2D eigenvalue weighted by atomic mass is 9.70. The number of rotatable bonds is 2. The van der Waals surface area contributed by atoms with Crippen LogP contribution in [0.2, 0.25) is 5.02 Å². The number of hydrogen-bond acceptors (Lipinski definition) is 3. The third-order valence-electron chi connectivity index (χ3n) is 4.40. The molecule has 1 heterocycles. The zero-order valence-corrected chi connectivity index (χ0v) is 11.6. The number of nitriles is 1. The minimum atomic E-state index is 0.370. The Hall–Kier alpha value is -1.24. The summed E-state index contributed by atoms with van der Waals surface area (Å²) in [7, 11) is 0. The van der Waals surface area contributed by atoms with Crippen LogP contribution in [0.5, 0.6) is 0 Å². The number of halogens is 1. The van der Waals surface area contributed by atoms with Gasteiger partial charge in [-0.1, -0.05) is 11.6 Å². The quantitative estimate of drug-likeness (QED) is 0.871. The Balaban J connectivity index is 1.73. The Kier molecular flexibility index (Phi) is 3.38. The molecule has 1 saturated heterocycles. The van der Waals surface area contributed by atoms with Gasteiger partial charge in [0, 0.05) is 16.6 Å². The molecule has 1 atom stereocenters. The smallest absolute Gasteiger partial charge is 0.101 e. The fourth-order valence-corrected chi connectivity index (χ4v) is 3.39. The highest BCUT2D eigenvalue weighted by Gasteiger charge is 2.40. The predicted octanol–water partition coefficient (Wildman–Crippen LogP) is 3.30. The molecule has 1 aliphatic carbocycles. The molecule has 1 aliphatic heterocycles. The zero-order chi connectivity index (χ0) is 13.3. The maximum absolute atomic E-state index is 9.17. The highest BCUT2D eigenvalue weighted by Crippen LogP contribution is 2.39. The first-order valence-electron chi connectivity index (χ1n) is 6.92. The van der Waals surface area contributed by atoms with Gasteiger partial charge in [0.25, 0.3) is 0 Å². The molecular weight excluding hydrogens is 258 g/mol. The molecule has 1 spiro atoms. The average molecular weight is 276 g/mol. The molecule has 2 N–H and O–H groups in total. The molecule has 4 heteroatoms. The van der Waals surface area contributed by atoms with Crippen LogP contribution >= 0.6 is 11.6 Å². The molecule has 0 radical (unpaired) electrons. The van der Waals surface area contributed by atoms with E-state index in [2.05, 4.69) is 16.7 Å². The van der Waals surface area contributed by atoms with Crippen LogP contribution in [0.15, 0.2) is 18.2 Å². The fraction of sp³-hybridized carbons (Fsp3) is 0.533. The SMILES string of the molecule is N#Cc1cc(Cl)ccc1NC1CCNC2(CCC2)C1. The first-order chi connectivity index (χ1) is 9.21. The van der Waals surface area contributed by atoms with Crippen molar-refractivity contribution in [1.82, 2.24) is 5.32 Å². The van der Waals surface area contributed by atoms with E-state index in [1.54, 1.807) is 6.07 Å². The van der Waals surface area contributed by atoms with Gasteiger partial charge in [0.2, 0.25) is 0 Å². The molecule has 2 aliphatic rings. The number of anilines is 1. The van der Waals surface area contributed by atoms with E-state index >= 15 is 0 Å². The van der Waals surface area contributed by atoms with Crippen molar-refractivity contribution >= 4 is 17.3 Å². The largest absolute Gasteiger partial charge is 0.381 e. The molecule has 0 aromatic heterocycles. The Morgan fingerprint density at radius 2 is 2.26 bits per heavy atom. The van der Waals surface area contributed by atoms with Crippen LogP contribution in [0.3, 0.4) is 0 Å². The molecule has 2 fully saturated rings. The lowest BCUT2D eigenvalue weighted by Gasteiger charge is -2.48. The summed E-state index contributed by atoms with van der Waals surface area (Å²) in [6.45, 7) is 1.06. The van der Waals surface area contributed by atoms with Gasteiger partial charge < -0.3 is 10.6 Å². The molecule has 0 amide bonds.